The van der Waals surface area contributed by atoms with E-state index in [1.54, 1.807) is 16.7 Å². The molecule has 1 N–H and O–H groups in total. The summed E-state index contributed by atoms with van der Waals surface area (Å²) >= 11 is 0. The fraction of sp³-hybridized carbons (Fsp3) is 0.400. The van der Waals surface area contributed by atoms with Gasteiger partial charge in [0.2, 0.25) is 0 Å². The zero-order valence-corrected chi connectivity index (χ0v) is 13.6. The summed E-state index contributed by atoms with van der Waals surface area (Å²) in [6.45, 7) is 3.88. The molecule has 0 radical (unpaired) electrons. The Bertz CT molecular complexity index is 790. The molecule has 1 aromatic carbocycles. The lowest BCUT2D eigenvalue weighted by Crippen LogP contribution is -2.48. The highest BCUT2D eigenvalue weighted by atomic mass is 32.2. The molecule has 1 unspecified atom stereocenters. The Hall–Kier alpha value is -1.77. The van der Waals surface area contributed by atoms with Crippen molar-refractivity contribution in [2.75, 3.05) is 19.6 Å². The first-order valence-corrected chi connectivity index (χ1v) is 8.96. The minimum atomic E-state index is -3.72. The van der Waals surface area contributed by atoms with Gasteiger partial charge in [-0.1, -0.05) is 12.1 Å². The molecule has 0 aliphatic carbocycles. The average Bonchev–Trinajstić information content (AvgIpc) is 3.05. The van der Waals surface area contributed by atoms with E-state index in [1.165, 1.54) is 29.0 Å². The number of sulfonamides is 1. The minimum absolute atomic E-state index is 0.0302. The third-order valence-corrected chi connectivity index (χ3v) is 5.77. The molecule has 0 amide bonds. The molecule has 1 aromatic heterocycles. The Kier molecular flexibility index (Phi) is 4.47. The Morgan fingerprint density at radius 1 is 1.43 bits per heavy atom. The fourth-order valence-corrected chi connectivity index (χ4v) is 4.29. The summed E-state index contributed by atoms with van der Waals surface area (Å²) in [6.07, 6.45) is 3.03. The number of aromatic nitrogens is 2. The molecule has 8 heteroatoms. The second-order valence-corrected chi connectivity index (χ2v) is 7.27. The quantitative estimate of drug-likeness (QED) is 0.914. The molecular formula is C15H19FN4O2S. The van der Waals surface area contributed by atoms with Crippen LogP contribution in [0, 0.1) is 5.82 Å². The molecule has 0 saturated carbocycles. The van der Waals surface area contributed by atoms with E-state index in [1.807, 2.05) is 6.92 Å². The van der Waals surface area contributed by atoms with Crippen LogP contribution in [-0.2, 0) is 16.6 Å². The third kappa shape index (κ3) is 3.15. The van der Waals surface area contributed by atoms with Crippen molar-refractivity contribution < 1.29 is 12.8 Å². The Balaban J connectivity index is 1.97. The summed E-state index contributed by atoms with van der Waals surface area (Å²) in [4.78, 5) is 4.02. The van der Waals surface area contributed by atoms with Gasteiger partial charge >= 0.3 is 0 Å². The number of nitrogens with zero attached hydrogens (tertiary/aromatic N) is 3. The summed E-state index contributed by atoms with van der Waals surface area (Å²) < 4.78 is 42.5. The van der Waals surface area contributed by atoms with E-state index < -0.39 is 16.1 Å². The van der Waals surface area contributed by atoms with Gasteiger partial charge in [0.15, 0.2) is 5.03 Å². The van der Waals surface area contributed by atoms with E-state index in [2.05, 4.69) is 10.3 Å². The van der Waals surface area contributed by atoms with E-state index in [9.17, 15) is 12.8 Å². The molecule has 2 heterocycles. The number of halogens is 1. The number of hydrogen-bond donors (Lipinski definition) is 1. The number of benzene rings is 1. The standard InChI is InChI=1S/C15H19FN4O2S/c1-2-19-10-15(18-11-19)23(21,22)20-7-6-17-9-14(20)12-4-3-5-13(16)8-12/h3-5,8,10-11,14,17H,2,6-7,9H2,1H3. The Morgan fingerprint density at radius 3 is 2.96 bits per heavy atom. The number of nitrogens with one attached hydrogen (secondary N) is 1. The van der Waals surface area contributed by atoms with Crippen molar-refractivity contribution >= 4 is 10.0 Å². The van der Waals surface area contributed by atoms with Gasteiger partial charge in [0.1, 0.15) is 5.82 Å². The Morgan fingerprint density at radius 2 is 2.26 bits per heavy atom. The Labute approximate surface area is 135 Å². The van der Waals surface area contributed by atoms with Gasteiger partial charge in [-0.15, -0.1) is 0 Å². The zero-order chi connectivity index (χ0) is 16.4. The van der Waals surface area contributed by atoms with Crippen molar-refractivity contribution in [3.63, 3.8) is 0 Å². The second kappa shape index (κ2) is 6.38. The van der Waals surface area contributed by atoms with Crippen LogP contribution in [0.5, 0.6) is 0 Å². The molecule has 2 aromatic rings. The molecule has 3 rings (SSSR count). The second-order valence-electron chi connectivity index (χ2n) is 5.43. The van der Waals surface area contributed by atoms with E-state index >= 15 is 0 Å². The normalized spacial score (nSPS) is 19.8. The highest BCUT2D eigenvalue weighted by molar-refractivity contribution is 7.89. The van der Waals surface area contributed by atoms with Crippen molar-refractivity contribution in [3.05, 3.63) is 48.2 Å². The van der Waals surface area contributed by atoms with E-state index in [-0.39, 0.29) is 10.8 Å². The monoisotopic (exact) mass is 338 g/mol. The van der Waals surface area contributed by atoms with E-state index in [4.69, 9.17) is 0 Å². The number of aryl methyl sites for hydroxylation is 1. The van der Waals surface area contributed by atoms with Crippen LogP contribution < -0.4 is 5.32 Å². The zero-order valence-electron chi connectivity index (χ0n) is 12.8. The summed E-state index contributed by atoms with van der Waals surface area (Å²) in [5.41, 5.74) is 0.635. The number of imidazole rings is 1. The van der Waals surface area contributed by atoms with Crippen molar-refractivity contribution in [3.8, 4) is 0 Å². The van der Waals surface area contributed by atoms with Crippen molar-refractivity contribution in [1.82, 2.24) is 19.2 Å². The largest absolute Gasteiger partial charge is 0.336 e. The van der Waals surface area contributed by atoms with Crippen LogP contribution in [0.1, 0.15) is 18.5 Å². The highest BCUT2D eigenvalue weighted by Crippen LogP contribution is 2.28. The van der Waals surface area contributed by atoms with Crippen molar-refractivity contribution in [2.45, 2.75) is 24.5 Å². The van der Waals surface area contributed by atoms with Crippen molar-refractivity contribution in [1.29, 1.82) is 0 Å². The van der Waals surface area contributed by atoms with Crippen LogP contribution in [-0.4, -0.2) is 41.9 Å². The number of hydrogen-bond acceptors (Lipinski definition) is 4. The number of piperazine rings is 1. The first-order valence-electron chi connectivity index (χ1n) is 7.52. The van der Waals surface area contributed by atoms with Gasteiger partial charge in [-0.2, -0.15) is 4.31 Å². The van der Waals surface area contributed by atoms with Gasteiger partial charge in [-0.3, -0.25) is 0 Å². The van der Waals surface area contributed by atoms with Crippen LogP contribution in [0.15, 0.2) is 41.8 Å². The molecule has 1 atom stereocenters. The number of rotatable bonds is 4. The van der Waals surface area contributed by atoms with Crippen LogP contribution in [0.2, 0.25) is 0 Å². The molecule has 1 fully saturated rings. The van der Waals surface area contributed by atoms with Crippen LogP contribution >= 0.6 is 0 Å². The minimum Gasteiger partial charge on any atom is -0.336 e. The lowest BCUT2D eigenvalue weighted by atomic mass is 10.1. The van der Waals surface area contributed by atoms with E-state index in [0.717, 1.165) is 0 Å². The third-order valence-electron chi connectivity index (χ3n) is 3.98. The van der Waals surface area contributed by atoms with Gasteiger partial charge in [-0.05, 0) is 24.6 Å². The summed E-state index contributed by atoms with van der Waals surface area (Å²) in [7, 11) is -3.72. The maximum absolute atomic E-state index is 13.5. The maximum atomic E-state index is 13.5. The molecule has 6 nitrogen and oxygen atoms in total. The van der Waals surface area contributed by atoms with Gasteiger partial charge in [0, 0.05) is 32.4 Å². The molecular weight excluding hydrogens is 319 g/mol. The lowest BCUT2D eigenvalue weighted by Gasteiger charge is -2.34. The van der Waals surface area contributed by atoms with E-state index in [0.29, 0.717) is 31.7 Å². The topological polar surface area (TPSA) is 67.2 Å². The molecule has 23 heavy (non-hydrogen) atoms. The smallest absolute Gasteiger partial charge is 0.262 e. The van der Waals surface area contributed by atoms with Gasteiger partial charge in [0.25, 0.3) is 10.0 Å². The lowest BCUT2D eigenvalue weighted by molar-refractivity contribution is 0.270. The first kappa shape index (κ1) is 16.1. The SMILES string of the molecule is CCn1cnc(S(=O)(=O)N2CCNCC2c2cccc(F)c2)c1. The van der Waals surface area contributed by atoms with Gasteiger partial charge in [-0.25, -0.2) is 17.8 Å². The maximum Gasteiger partial charge on any atom is 0.262 e. The molecule has 1 aliphatic heterocycles. The summed E-state index contributed by atoms with van der Waals surface area (Å²) in [5, 5.41) is 3.20. The fourth-order valence-electron chi connectivity index (χ4n) is 2.74. The predicted octanol–water partition coefficient (Wildman–Crippen LogP) is 1.38. The molecule has 0 spiro atoms. The molecule has 124 valence electrons. The van der Waals surface area contributed by atoms with Crippen LogP contribution in [0.25, 0.3) is 0 Å². The first-order chi connectivity index (χ1) is 11.0. The summed E-state index contributed by atoms with van der Waals surface area (Å²) in [5.74, 6) is -0.374. The molecule has 1 saturated heterocycles. The van der Waals surface area contributed by atoms with Crippen LogP contribution in [0.3, 0.4) is 0 Å². The van der Waals surface area contributed by atoms with Crippen LogP contribution in [0.4, 0.5) is 4.39 Å². The molecule has 0 bridgehead atoms. The molecule has 1 aliphatic rings. The van der Waals surface area contributed by atoms with Gasteiger partial charge in [0.05, 0.1) is 12.4 Å². The highest BCUT2D eigenvalue weighted by Gasteiger charge is 2.35. The van der Waals surface area contributed by atoms with Gasteiger partial charge < -0.3 is 9.88 Å². The summed E-state index contributed by atoms with van der Waals surface area (Å²) in [6, 6.07) is 5.62. The average molecular weight is 338 g/mol. The predicted molar refractivity (Wildman–Crippen MR) is 83.8 cm³/mol. The van der Waals surface area contributed by atoms with Crippen molar-refractivity contribution in [2.24, 2.45) is 0 Å².